The van der Waals surface area contributed by atoms with Gasteiger partial charge in [-0.05, 0) is 66.7 Å². The van der Waals surface area contributed by atoms with Crippen molar-refractivity contribution in [3.63, 3.8) is 0 Å². The lowest BCUT2D eigenvalue weighted by atomic mass is 9.89. The molecule has 2 aromatic heterocycles. The Morgan fingerprint density at radius 2 is 1.56 bits per heavy atom. The van der Waals surface area contributed by atoms with E-state index in [2.05, 4.69) is 39.0 Å². The Hall–Kier alpha value is -3.82. The van der Waals surface area contributed by atoms with Gasteiger partial charge in [0.2, 0.25) is 5.88 Å². The van der Waals surface area contributed by atoms with Crippen molar-refractivity contribution >= 4 is 16.8 Å². The van der Waals surface area contributed by atoms with E-state index in [1.807, 2.05) is 34.8 Å². The van der Waals surface area contributed by atoms with E-state index in [1.54, 1.807) is 19.2 Å². The molecule has 0 aliphatic carbocycles. The number of rotatable bonds is 8. The van der Waals surface area contributed by atoms with Crippen molar-refractivity contribution in [2.45, 2.75) is 38.3 Å². The Kier molecular flexibility index (Phi) is 8.72. The van der Waals surface area contributed by atoms with E-state index in [0.29, 0.717) is 37.1 Å². The van der Waals surface area contributed by atoms with Gasteiger partial charge < -0.3 is 14.2 Å². The molecule has 0 bridgehead atoms. The second-order valence-electron chi connectivity index (χ2n) is 11.8. The highest BCUT2D eigenvalue weighted by Crippen LogP contribution is 2.32. The first-order chi connectivity index (χ1) is 20.9. The number of carbonyl (C=O) groups is 1. The highest BCUT2D eigenvalue weighted by atomic mass is 19.3. The normalized spacial score (nSPS) is 17.2. The SMILES string of the molecule is COc1ccc(CN2CCC(c3ccc4c(c3)cc(C(=O)N3CCN(Cc5ccc(C(F)F)cc5)CC3)n4C)CC2)cn1. The number of likely N-dealkylation sites (tertiary alicyclic amines) is 1. The second-order valence-corrected chi connectivity index (χ2v) is 11.8. The van der Waals surface area contributed by atoms with Crippen molar-refractivity contribution < 1.29 is 18.3 Å². The van der Waals surface area contributed by atoms with Gasteiger partial charge in [-0.15, -0.1) is 0 Å². The lowest BCUT2D eigenvalue weighted by Gasteiger charge is -2.34. The van der Waals surface area contributed by atoms with E-state index in [4.69, 9.17) is 4.74 Å². The second kappa shape index (κ2) is 12.8. The molecule has 6 rings (SSSR count). The predicted octanol–water partition coefficient (Wildman–Crippen LogP) is 5.86. The van der Waals surface area contributed by atoms with Gasteiger partial charge in [-0.2, -0.15) is 0 Å². The van der Waals surface area contributed by atoms with Gasteiger partial charge >= 0.3 is 0 Å². The number of aromatic nitrogens is 2. The van der Waals surface area contributed by atoms with E-state index >= 15 is 0 Å². The number of carbonyl (C=O) groups excluding carboxylic acids is 1. The van der Waals surface area contributed by atoms with Crippen LogP contribution in [0.4, 0.5) is 8.78 Å². The van der Waals surface area contributed by atoms with Gasteiger partial charge in [-0.1, -0.05) is 36.4 Å². The zero-order valence-corrected chi connectivity index (χ0v) is 24.9. The smallest absolute Gasteiger partial charge is 0.270 e. The maximum absolute atomic E-state index is 13.6. The van der Waals surface area contributed by atoms with Gasteiger partial charge in [0.05, 0.1) is 7.11 Å². The quantitative estimate of drug-likeness (QED) is 0.259. The largest absolute Gasteiger partial charge is 0.481 e. The van der Waals surface area contributed by atoms with Crippen LogP contribution in [0.2, 0.25) is 0 Å². The predicted molar refractivity (Wildman–Crippen MR) is 164 cm³/mol. The molecule has 7 nitrogen and oxygen atoms in total. The average molecular weight is 588 g/mol. The van der Waals surface area contributed by atoms with E-state index in [-0.39, 0.29) is 11.5 Å². The van der Waals surface area contributed by atoms with Gasteiger partial charge in [0.15, 0.2) is 0 Å². The summed E-state index contributed by atoms with van der Waals surface area (Å²) in [4.78, 5) is 24.6. The number of ether oxygens (including phenoxy) is 1. The molecule has 9 heteroatoms. The Balaban J connectivity index is 1.04. The molecule has 0 saturated carbocycles. The van der Waals surface area contributed by atoms with Crippen LogP contribution < -0.4 is 4.74 Å². The number of pyridine rings is 1. The molecule has 0 unspecified atom stereocenters. The number of piperazine rings is 1. The molecule has 0 spiro atoms. The summed E-state index contributed by atoms with van der Waals surface area (Å²) in [6.45, 7) is 6.47. The van der Waals surface area contributed by atoms with Gasteiger partial charge in [-0.25, -0.2) is 13.8 Å². The summed E-state index contributed by atoms with van der Waals surface area (Å²) in [5.41, 5.74) is 5.39. The molecule has 2 aliphatic rings. The molecule has 226 valence electrons. The van der Waals surface area contributed by atoms with Crippen molar-refractivity contribution in [2.75, 3.05) is 46.4 Å². The van der Waals surface area contributed by atoms with Crippen LogP contribution in [0.1, 0.15) is 57.9 Å². The molecule has 2 aliphatic heterocycles. The molecule has 2 aromatic carbocycles. The third-order valence-corrected chi connectivity index (χ3v) is 9.05. The number of hydrogen-bond acceptors (Lipinski definition) is 5. The third-order valence-electron chi connectivity index (χ3n) is 9.05. The molecule has 1 amide bonds. The van der Waals surface area contributed by atoms with Crippen LogP contribution in [0.25, 0.3) is 10.9 Å². The average Bonchev–Trinajstić information content (AvgIpc) is 3.37. The first-order valence-corrected chi connectivity index (χ1v) is 15.1. The maximum atomic E-state index is 13.6. The van der Waals surface area contributed by atoms with Crippen LogP contribution >= 0.6 is 0 Å². The molecular weight excluding hydrogens is 548 g/mol. The van der Waals surface area contributed by atoms with E-state index in [9.17, 15) is 13.6 Å². The molecule has 2 fully saturated rings. The molecule has 0 radical (unpaired) electrons. The van der Waals surface area contributed by atoms with Crippen LogP contribution in [0, 0.1) is 0 Å². The number of amides is 1. The van der Waals surface area contributed by atoms with Crippen LogP contribution in [-0.4, -0.2) is 76.5 Å². The molecule has 0 N–H and O–H groups in total. The van der Waals surface area contributed by atoms with E-state index in [1.165, 1.54) is 23.3 Å². The van der Waals surface area contributed by atoms with Crippen molar-refractivity contribution in [2.24, 2.45) is 7.05 Å². The number of methoxy groups -OCH3 is 1. The number of piperidine rings is 1. The fraction of sp³-hybridized carbons (Fsp3) is 0.412. The molecule has 4 heterocycles. The Labute approximate surface area is 251 Å². The van der Waals surface area contributed by atoms with Crippen molar-refractivity contribution in [3.8, 4) is 5.88 Å². The Bertz CT molecular complexity index is 1540. The summed E-state index contributed by atoms with van der Waals surface area (Å²) >= 11 is 0. The number of benzene rings is 2. The van der Waals surface area contributed by atoms with Crippen molar-refractivity contribution in [1.29, 1.82) is 0 Å². The summed E-state index contributed by atoms with van der Waals surface area (Å²) in [5.74, 6) is 1.21. The zero-order chi connectivity index (χ0) is 29.9. The fourth-order valence-corrected chi connectivity index (χ4v) is 6.43. The van der Waals surface area contributed by atoms with Crippen LogP contribution in [0.5, 0.6) is 5.88 Å². The van der Waals surface area contributed by atoms with Crippen LogP contribution in [0.15, 0.2) is 66.9 Å². The number of hydrogen-bond donors (Lipinski definition) is 0. The maximum Gasteiger partial charge on any atom is 0.270 e. The highest BCUT2D eigenvalue weighted by molar-refractivity contribution is 5.99. The minimum Gasteiger partial charge on any atom is -0.481 e. The summed E-state index contributed by atoms with van der Waals surface area (Å²) < 4.78 is 32.9. The number of halogens is 2. The molecule has 4 aromatic rings. The Morgan fingerprint density at radius 3 is 2.21 bits per heavy atom. The minimum atomic E-state index is -2.45. The molecule has 43 heavy (non-hydrogen) atoms. The zero-order valence-electron chi connectivity index (χ0n) is 24.9. The first kappa shape index (κ1) is 29.3. The summed E-state index contributed by atoms with van der Waals surface area (Å²) in [6, 6.07) is 19.2. The van der Waals surface area contributed by atoms with E-state index in [0.717, 1.165) is 62.0 Å². The lowest BCUT2D eigenvalue weighted by Crippen LogP contribution is -2.48. The summed E-state index contributed by atoms with van der Waals surface area (Å²) in [7, 11) is 3.61. The van der Waals surface area contributed by atoms with Crippen LogP contribution in [0.3, 0.4) is 0 Å². The number of alkyl halides is 2. The van der Waals surface area contributed by atoms with Crippen LogP contribution in [-0.2, 0) is 20.1 Å². The van der Waals surface area contributed by atoms with Gasteiger partial charge in [-0.3, -0.25) is 14.6 Å². The number of nitrogens with zero attached hydrogens (tertiary/aromatic N) is 5. The number of fused-ring (bicyclic) bond motifs is 1. The van der Waals surface area contributed by atoms with Gasteiger partial charge in [0, 0.05) is 75.0 Å². The fourth-order valence-electron chi connectivity index (χ4n) is 6.43. The standard InChI is InChI=1S/C34H39F2N5O2/c1-38-30-9-8-28(26-11-13-39(14-12-26)23-25-5-10-32(43-2)37-21-25)19-29(30)20-31(38)34(42)41-17-15-40(16-18-41)22-24-3-6-27(7-4-24)33(35)36/h3-10,19-21,26,33H,11-18,22-23H2,1-2H3. The molecular formula is C34H39F2N5O2. The van der Waals surface area contributed by atoms with Crippen molar-refractivity contribution in [3.05, 3.63) is 94.8 Å². The minimum absolute atomic E-state index is 0.0466. The summed E-state index contributed by atoms with van der Waals surface area (Å²) in [6.07, 6.45) is 1.66. The Morgan fingerprint density at radius 1 is 0.884 bits per heavy atom. The third kappa shape index (κ3) is 6.58. The first-order valence-electron chi connectivity index (χ1n) is 15.1. The molecule has 0 atom stereocenters. The summed E-state index contributed by atoms with van der Waals surface area (Å²) in [5, 5.41) is 1.11. The van der Waals surface area contributed by atoms with Crippen molar-refractivity contribution in [1.82, 2.24) is 24.3 Å². The number of aryl methyl sites for hydroxylation is 1. The topological polar surface area (TPSA) is 53.8 Å². The molecule has 2 saturated heterocycles. The van der Waals surface area contributed by atoms with E-state index < -0.39 is 6.43 Å². The van der Waals surface area contributed by atoms with Gasteiger partial charge in [0.1, 0.15) is 5.69 Å². The van der Waals surface area contributed by atoms with Gasteiger partial charge in [0.25, 0.3) is 12.3 Å². The monoisotopic (exact) mass is 587 g/mol. The lowest BCUT2D eigenvalue weighted by molar-refractivity contribution is 0.0619. The highest BCUT2D eigenvalue weighted by Gasteiger charge is 2.26.